The Morgan fingerprint density at radius 2 is 1.80 bits per heavy atom. The van der Waals surface area contributed by atoms with E-state index in [4.69, 9.17) is 0 Å². The molecule has 2 saturated heterocycles. The fourth-order valence-electron chi connectivity index (χ4n) is 2.95. The van der Waals surface area contributed by atoms with Crippen LogP contribution in [-0.4, -0.2) is 65.3 Å². The van der Waals surface area contributed by atoms with Crippen molar-refractivity contribution in [1.29, 1.82) is 0 Å². The van der Waals surface area contributed by atoms with Crippen molar-refractivity contribution >= 4 is 29.4 Å². The lowest BCUT2D eigenvalue weighted by molar-refractivity contribution is -0.142. The lowest BCUT2D eigenvalue weighted by Gasteiger charge is -2.17. The van der Waals surface area contributed by atoms with Crippen LogP contribution in [0.15, 0.2) is 12.4 Å². The standard InChI is InChI=1S/C16H22N6O3/c23-14(10-22-15(24)3-4-16(22)25)18-6-5-17-12-9-13(20-11-19-12)21-7-1-2-8-21/h9,11H,1-8,10H2,(H,18,23)(H,17,19,20). The summed E-state index contributed by atoms with van der Waals surface area (Å²) in [5.41, 5.74) is 0. The van der Waals surface area contributed by atoms with Gasteiger partial charge in [0.05, 0.1) is 0 Å². The highest BCUT2D eigenvalue weighted by Gasteiger charge is 2.30. The molecular weight excluding hydrogens is 324 g/mol. The van der Waals surface area contributed by atoms with Crippen molar-refractivity contribution in [1.82, 2.24) is 20.2 Å². The summed E-state index contributed by atoms with van der Waals surface area (Å²) in [6.07, 6.45) is 4.28. The molecular formula is C16H22N6O3. The number of carbonyl (C=O) groups excluding carboxylic acids is 3. The summed E-state index contributed by atoms with van der Waals surface area (Å²) < 4.78 is 0. The zero-order valence-electron chi connectivity index (χ0n) is 14.0. The largest absolute Gasteiger partial charge is 0.368 e. The van der Waals surface area contributed by atoms with Crippen LogP contribution in [0.4, 0.5) is 11.6 Å². The number of amides is 3. The van der Waals surface area contributed by atoms with Gasteiger partial charge in [0.2, 0.25) is 17.7 Å². The third kappa shape index (κ3) is 4.43. The highest BCUT2D eigenvalue weighted by atomic mass is 16.2. The molecule has 0 aliphatic carbocycles. The molecule has 1 aromatic heterocycles. The summed E-state index contributed by atoms with van der Waals surface area (Å²) in [5, 5.41) is 5.82. The van der Waals surface area contributed by atoms with Crippen molar-refractivity contribution in [3.8, 4) is 0 Å². The van der Waals surface area contributed by atoms with E-state index in [0.717, 1.165) is 23.8 Å². The van der Waals surface area contributed by atoms with E-state index in [1.807, 2.05) is 6.07 Å². The molecule has 9 nitrogen and oxygen atoms in total. The van der Waals surface area contributed by atoms with Gasteiger partial charge >= 0.3 is 0 Å². The van der Waals surface area contributed by atoms with Gasteiger partial charge in [-0.15, -0.1) is 0 Å². The average Bonchev–Trinajstić information content (AvgIpc) is 3.25. The van der Waals surface area contributed by atoms with Crippen LogP contribution in [-0.2, 0) is 14.4 Å². The van der Waals surface area contributed by atoms with Gasteiger partial charge in [-0.05, 0) is 12.8 Å². The number of nitrogens with one attached hydrogen (secondary N) is 2. The molecule has 3 heterocycles. The summed E-state index contributed by atoms with van der Waals surface area (Å²) in [6.45, 7) is 2.69. The highest BCUT2D eigenvalue weighted by molar-refractivity contribution is 6.04. The number of likely N-dealkylation sites (tertiary alicyclic amines) is 1. The minimum Gasteiger partial charge on any atom is -0.368 e. The molecule has 134 valence electrons. The molecule has 0 saturated carbocycles. The van der Waals surface area contributed by atoms with E-state index in [1.165, 1.54) is 19.2 Å². The Balaban J connectivity index is 1.39. The minimum atomic E-state index is -0.342. The zero-order chi connectivity index (χ0) is 17.6. The molecule has 3 rings (SSSR count). The van der Waals surface area contributed by atoms with E-state index in [1.54, 1.807) is 0 Å². The van der Waals surface area contributed by atoms with Gasteiger partial charge in [0.1, 0.15) is 24.5 Å². The Kier molecular flexibility index (Phi) is 5.42. The Bertz CT molecular complexity index is 643. The molecule has 0 aromatic carbocycles. The second-order valence-electron chi connectivity index (χ2n) is 6.11. The Morgan fingerprint density at radius 1 is 1.08 bits per heavy atom. The third-order valence-electron chi connectivity index (χ3n) is 4.29. The molecule has 9 heteroatoms. The maximum atomic E-state index is 11.8. The van der Waals surface area contributed by atoms with Crippen LogP contribution in [0.25, 0.3) is 0 Å². The zero-order valence-corrected chi connectivity index (χ0v) is 14.0. The van der Waals surface area contributed by atoms with Crippen molar-refractivity contribution in [2.75, 3.05) is 42.9 Å². The average molecular weight is 346 g/mol. The molecule has 0 unspecified atom stereocenters. The number of imide groups is 1. The molecule has 0 atom stereocenters. The molecule has 25 heavy (non-hydrogen) atoms. The number of carbonyl (C=O) groups is 3. The van der Waals surface area contributed by atoms with E-state index < -0.39 is 0 Å². The number of rotatable bonds is 7. The van der Waals surface area contributed by atoms with E-state index in [2.05, 4.69) is 25.5 Å². The number of hydrogen-bond donors (Lipinski definition) is 2. The van der Waals surface area contributed by atoms with Gasteiger partial charge in [0.15, 0.2) is 0 Å². The van der Waals surface area contributed by atoms with Gasteiger partial charge in [-0.2, -0.15) is 0 Å². The van der Waals surface area contributed by atoms with Crippen LogP contribution in [0.5, 0.6) is 0 Å². The molecule has 2 aliphatic rings. The lowest BCUT2D eigenvalue weighted by atomic mass is 10.4. The molecule has 2 fully saturated rings. The van der Waals surface area contributed by atoms with Crippen molar-refractivity contribution < 1.29 is 14.4 Å². The SMILES string of the molecule is O=C(CN1C(=O)CCC1=O)NCCNc1cc(N2CCCC2)ncn1. The number of aromatic nitrogens is 2. The topological polar surface area (TPSA) is 108 Å². The summed E-state index contributed by atoms with van der Waals surface area (Å²) >= 11 is 0. The summed E-state index contributed by atoms with van der Waals surface area (Å²) in [7, 11) is 0. The first-order valence-corrected chi connectivity index (χ1v) is 8.54. The normalized spacial score (nSPS) is 17.3. The summed E-state index contributed by atoms with van der Waals surface area (Å²) in [5.74, 6) is 0.703. The van der Waals surface area contributed by atoms with Gasteiger partial charge in [-0.1, -0.05) is 0 Å². The van der Waals surface area contributed by atoms with Gasteiger partial charge < -0.3 is 15.5 Å². The molecule has 0 bridgehead atoms. The Hall–Kier alpha value is -2.71. The monoisotopic (exact) mass is 346 g/mol. The first-order chi connectivity index (χ1) is 12.1. The Morgan fingerprint density at radius 3 is 2.52 bits per heavy atom. The predicted molar refractivity (Wildman–Crippen MR) is 90.9 cm³/mol. The predicted octanol–water partition coefficient (Wildman–Crippen LogP) is -0.246. The van der Waals surface area contributed by atoms with E-state index >= 15 is 0 Å². The maximum absolute atomic E-state index is 11.8. The van der Waals surface area contributed by atoms with Gasteiger partial charge in [0.25, 0.3) is 0 Å². The number of nitrogens with zero attached hydrogens (tertiary/aromatic N) is 4. The molecule has 3 amide bonds. The van der Waals surface area contributed by atoms with Crippen LogP contribution in [0.1, 0.15) is 25.7 Å². The van der Waals surface area contributed by atoms with Crippen molar-refractivity contribution in [2.45, 2.75) is 25.7 Å². The quantitative estimate of drug-likeness (QED) is 0.518. The molecule has 0 radical (unpaired) electrons. The van der Waals surface area contributed by atoms with Crippen molar-refractivity contribution in [3.63, 3.8) is 0 Å². The van der Waals surface area contributed by atoms with Crippen LogP contribution < -0.4 is 15.5 Å². The first-order valence-electron chi connectivity index (χ1n) is 8.54. The summed E-state index contributed by atoms with van der Waals surface area (Å²) in [4.78, 5) is 46.4. The smallest absolute Gasteiger partial charge is 0.240 e. The number of anilines is 2. The molecule has 2 aliphatic heterocycles. The number of hydrogen-bond acceptors (Lipinski definition) is 7. The van der Waals surface area contributed by atoms with Crippen LogP contribution >= 0.6 is 0 Å². The van der Waals surface area contributed by atoms with E-state index in [0.29, 0.717) is 18.9 Å². The second kappa shape index (κ2) is 7.91. The van der Waals surface area contributed by atoms with Crippen molar-refractivity contribution in [2.24, 2.45) is 0 Å². The highest BCUT2D eigenvalue weighted by Crippen LogP contribution is 2.19. The first kappa shape index (κ1) is 17.1. The molecule has 1 aromatic rings. The second-order valence-corrected chi connectivity index (χ2v) is 6.11. The fourth-order valence-corrected chi connectivity index (χ4v) is 2.95. The van der Waals surface area contributed by atoms with Crippen molar-refractivity contribution in [3.05, 3.63) is 12.4 Å². The van der Waals surface area contributed by atoms with E-state index in [9.17, 15) is 14.4 Å². The molecule has 2 N–H and O–H groups in total. The van der Waals surface area contributed by atoms with Crippen LogP contribution in [0.3, 0.4) is 0 Å². The van der Waals surface area contributed by atoms with Crippen LogP contribution in [0.2, 0.25) is 0 Å². The van der Waals surface area contributed by atoms with Crippen LogP contribution in [0, 0.1) is 0 Å². The Labute approximate surface area is 145 Å². The maximum Gasteiger partial charge on any atom is 0.240 e. The van der Waals surface area contributed by atoms with E-state index in [-0.39, 0.29) is 37.1 Å². The minimum absolute atomic E-state index is 0.195. The van der Waals surface area contributed by atoms with Gasteiger partial charge in [-0.3, -0.25) is 19.3 Å². The van der Waals surface area contributed by atoms with Gasteiger partial charge in [-0.25, -0.2) is 9.97 Å². The third-order valence-corrected chi connectivity index (χ3v) is 4.29. The molecule has 0 spiro atoms. The lowest BCUT2D eigenvalue weighted by Crippen LogP contribution is -2.41. The summed E-state index contributed by atoms with van der Waals surface area (Å²) in [6, 6.07) is 1.90. The van der Waals surface area contributed by atoms with Gasteiger partial charge in [0, 0.05) is 45.1 Å². The fraction of sp³-hybridized carbons (Fsp3) is 0.562.